The number of carboxylic acids is 1. The van der Waals surface area contributed by atoms with Crippen molar-refractivity contribution in [2.45, 2.75) is 69.3 Å². The molecule has 0 aromatic carbocycles. The van der Waals surface area contributed by atoms with Crippen molar-refractivity contribution in [2.75, 3.05) is 6.61 Å². The van der Waals surface area contributed by atoms with Gasteiger partial charge in [-0.2, -0.15) is 0 Å². The van der Waals surface area contributed by atoms with E-state index in [2.05, 4.69) is 4.72 Å². The third kappa shape index (κ3) is 4.40. The molecule has 1 saturated carbocycles. The van der Waals surface area contributed by atoms with Crippen LogP contribution in [0.4, 0.5) is 0 Å². The average Bonchev–Trinajstić information content (AvgIpc) is 2.86. The van der Waals surface area contributed by atoms with Crippen molar-refractivity contribution in [2.24, 2.45) is 5.92 Å². The van der Waals surface area contributed by atoms with Crippen molar-refractivity contribution in [3.63, 3.8) is 0 Å². The van der Waals surface area contributed by atoms with Gasteiger partial charge in [-0.3, -0.25) is 4.79 Å². The molecule has 1 aliphatic heterocycles. The molecule has 0 spiro atoms. The number of hydrogen-bond acceptors (Lipinski definition) is 4. The van der Waals surface area contributed by atoms with Gasteiger partial charge in [0.05, 0.1) is 6.10 Å². The van der Waals surface area contributed by atoms with Gasteiger partial charge in [0.15, 0.2) is 0 Å². The van der Waals surface area contributed by atoms with Crippen LogP contribution in [-0.2, 0) is 19.6 Å². The van der Waals surface area contributed by atoms with Crippen LogP contribution in [0, 0.1) is 5.92 Å². The van der Waals surface area contributed by atoms with Crippen LogP contribution >= 0.6 is 0 Å². The molecule has 0 aromatic heterocycles. The molecule has 3 atom stereocenters. The Balaban J connectivity index is 1.99. The Labute approximate surface area is 126 Å². The van der Waals surface area contributed by atoms with E-state index in [0.29, 0.717) is 25.4 Å². The molecule has 2 unspecified atom stereocenters. The standard InChI is InChI=1S/C14H25NO5S/c1-10-13(7-8-20-10)21(18,19)15-12(14(16)17)9-11-5-3-2-4-6-11/h10-13,15H,2-9H2,1H3,(H,16,17)/t10?,12-,13?/m1/s1. The van der Waals surface area contributed by atoms with Gasteiger partial charge in [-0.15, -0.1) is 0 Å². The zero-order chi connectivity index (χ0) is 15.5. The number of carboxylic acid groups (broad SMARTS) is 1. The summed E-state index contributed by atoms with van der Waals surface area (Å²) in [6.07, 6.45) is 5.82. The van der Waals surface area contributed by atoms with Gasteiger partial charge in [-0.25, -0.2) is 13.1 Å². The van der Waals surface area contributed by atoms with E-state index in [1.54, 1.807) is 6.92 Å². The smallest absolute Gasteiger partial charge is 0.321 e. The molecule has 122 valence electrons. The van der Waals surface area contributed by atoms with Gasteiger partial charge in [0, 0.05) is 6.61 Å². The second kappa shape index (κ2) is 7.07. The van der Waals surface area contributed by atoms with Crippen molar-refractivity contribution in [3.8, 4) is 0 Å². The minimum absolute atomic E-state index is 0.305. The Kier molecular flexibility index (Phi) is 5.62. The maximum absolute atomic E-state index is 12.3. The Hall–Kier alpha value is -0.660. The van der Waals surface area contributed by atoms with E-state index < -0.39 is 27.3 Å². The van der Waals surface area contributed by atoms with Crippen LogP contribution < -0.4 is 4.72 Å². The monoisotopic (exact) mass is 319 g/mol. The molecule has 2 aliphatic rings. The third-order valence-electron chi connectivity index (χ3n) is 4.60. The lowest BCUT2D eigenvalue weighted by molar-refractivity contribution is -0.139. The highest BCUT2D eigenvalue weighted by molar-refractivity contribution is 7.90. The van der Waals surface area contributed by atoms with Crippen LogP contribution in [0.2, 0.25) is 0 Å². The Bertz CT molecular complexity index is 458. The molecule has 6 nitrogen and oxygen atoms in total. The summed E-state index contributed by atoms with van der Waals surface area (Å²) in [7, 11) is -3.66. The molecule has 2 N–H and O–H groups in total. The molecule has 1 heterocycles. The van der Waals surface area contributed by atoms with E-state index in [1.165, 1.54) is 6.42 Å². The van der Waals surface area contributed by atoms with Crippen molar-refractivity contribution in [3.05, 3.63) is 0 Å². The maximum atomic E-state index is 12.3. The highest BCUT2D eigenvalue weighted by atomic mass is 32.2. The zero-order valence-electron chi connectivity index (χ0n) is 12.5. The average molecular weight is 319 g/mol. The summed E-state index contributed by atoms with van der Waals surface area (Å²) in [5, 5.41) is 8.67. The lowest BCUT2D eigenvalue weighted by Crippen LogP contribution is -2.47. The highest BCUT2D eigenvalue weighted by Gasteiger charge is 2.38. The number of carbonyl (C=O) groups is 1. The highest BCUT2D eigenvalue weighted by Crippen LogP contribution is 2.28. The normalized spacial score (nSPS) is 29.4. The summed E-state index contributed by atoms with van der Waals surface area (Å²) in [6, 6.07) is -1.02. The van der Waals surface area contributed by atoms with E-state index >= 15 is 0 Å². The van der Waals surface area contributed by atoms with Crippen molar-refractivity contribution in [1.82, 2.24) is 4.72 Å². The summed E-state index contributed by atoms with van der Waals surface area (Å²) in [6.45, 7) is 2.13. The SMILES string of the molecule is CC1OCCC1S(=O)(=O)N[C@H](CC1CCCCC1)C(=O)O. The second-order valence-electron chi connectivity index (χ2n) is 6.20. The number of ether oxygens (including phenoxy) is 1. The quantitative estimate of drug-likeness (QED) is 0.774. The predicted octanol–water partition coefficient (Wildman–Crippen LogP) is 1.51. The fourth-order valence-corrected chi connectivity index (χ4v) is 5.12. The van der Waals surface area contributed by atoms with Crippen LogP contribution in [-0.4, -0.2) is 43.5 Å². The summed E-state index contributed by atoms with van der Waals surface area (Å²) < 4.78 is 32.4. The molecular weight excluding hydrogens is 294 g/mol. The van der Waals surface area contributed by atoms with Crippen LogP contribution in [0.3, 0.4) is 0 Å². The van der Waals surface area contributed by atoms with Gasteiger partial charge in [0.1, 0.15) is 11.3 Å². The van der Waals surface area contributed by atoms with Crippen molar-refractivity contribution < 1.29 is 23.1 Å². The molecular formula is C14H25NO5S. The summed E-state index contributed by atoms with van der Waals surface area (Å²) in [5.41, 5.74) is 0. The number of sulfonamides is 1. The lowest BCUT2D eigenvalue weighted by atomic mass is 9.85. The molecule has 0 amide bonds. The van der Waals surface area contributed by atoms with Gasteiger partial charge in [-0.1, -0.05) is 32.1 Å². The van der Waals surface area contributed by atoms with Crippen LogP contribution in [0.25, 0.3) is 0 Å². The van der Waals surface area contributed by atoms with Gasteiger partial charge in [0.2, 0.25) is 10.0 Å². The van der Waals surface area contributed by atoms with E-state index in [9.17, 15) is 18.3 Å². The minimum Gasteiger partial charge on any atom is -0.480 e. The number of aliphatic carboxylic acids is 1. The van der Waals surface area contributed by atoms with Crippen LogP contribution in [0.1, 0.15) is 51.9 Å². The summed E-state index contributed by atoms with van der Waals surface area (Å²) in [4.78, 5) is 11.4. The first-order valence-electron chi connectivity index (χ1n) is 7.75. The molecule has 1 aliphatic carbocycles. The van der Waals surface area contributed by atoms with Gasteiger partial charge >= 0.3 is 5.97 Å². The Morgan fingerprint density at radius 1 is 1.29 bits per heavy atom. The second-order valence-corrected chi connectivity index (χ2v) is 8.13. The van der Waals surface area contributed by atoms with E-state index in [0.717, 1.165) is 25.7 Å². The van der Waals surface area contributed by atoms with Gasteiger partial charge in [-0.05, 0) is 25.7 Å². The first-order valence-corrected chi connectivity index (χ1v) is 9.30. The topological polar surface area (TPSA) is 92.7 Å². The molecule has 0 bridgehead atoms. The van der Waals surface area contributed by atoms with E-state index in [4.69, 9.17) is 4.74 Å². The van der Waals surface area contributed by atoms with Gasteiger partial charge in [0.25, 0.3) is 0 Å². The maximum Gasteiger partial charge on any atom is 0.321 e. The summed E-state index contributed by atoms with van der Waals surface area (Å²) >= 11 is 0. The minimum atomic E-state index is -3.66. The number of hydrogen-bond donors (Lipinski definition) is 2. The molecule has 2 fully saturated rings. The van der Waals surface area contributed by atoms with Gasteiger partial charge < -0.3 is 9.84 Å². The van der Waals surface area contributed by atoms with Crippen LogP contribution in [0.5, 0.6) is 0 Å². The predicted molar refractivity (Wildman–Crippen MR) is 78.5 cm³/mol. The molecule has 0 radical (unpaired) electrons. The zero-order valence-corrected chi connectivity index (χ0v) is 13.3. The van der Waals surface area contributed by atoms with Crippen molar-refractivity contribution >= 4 is 16.0 Å². The number of nitrogens with one attached hydrogen (secondary N) is 1. The van der Waals surface area contributed by atoms with E-state index in [-0.39, 0.29) is 6.10 Å². The third-order valence-corrected chi connectivity index (χ3v) is 6.63. The summed E-state index contributed by atoms with van der Waals surface area (Å²) in [5.74, 6) is -0.782. The largest absolute Gasteiger partial charge is 0.480 e. The van der Waals surface area contributed by atoms with Crippen molar-refractivity contribution in [1.29, 1.82) is 0 Å². The Morgan fingerprint density at radius 3 is 2.48 bits per heavy atom. The first kappa shape index (κ1) is 16.7. The fourth-order valence-electron chi connectivity index (χ4n) is 3.36. The van der Waals surface area contributed by atoms with Crippen LogP contribution in [0.15, 0.2) is 0 Å². The molecule has 1 saturated heterocycles. The molecule has 21 heavy (non-hydrogen) atoms. The van der Waals surface area contributed by atoms with E-state index in [1.807, 2.05) is 0 Å². The molecule has 2 rings (SSSR count). The first-order chi connectivity index (χ1) is 9.90. The molecule has 7 heteroatoms. The fraction of sp³-hybridized carbons (Fsp3) is 0.929. The lowest BCUT2D eigenvalue weighted by Gasteiger charge is -2.26. The Morgan fingerprint density at radius 2 is 1.95 bits per heavy atom. The number of rotatable bonds is 6. The molecule has 0 aromatic rings.